The summed E-state index contributed by atoms with van der Waals surface area (Å²) in [7, 11) is 0. The predicted octanol–water partition coefficient (Wildman–Crippen LogP) is 2.65. The lowest BCUT2D eigenvalue weighted by Gasteiger charge is -2.36. The summed E-state index contributed by atoms with van der Waals surface area (Å²) < 4.78 is 0. The summed E-state index contributed by atoms with van der Waals surface area (Å²) in [4.78, 5) is 24.7. The quantitative estimate of drug-likeness (QED) is 0.875. The molecular weight excluding hydrogens is 266 g/mol. The van der Waals surface area contributed by atoms with Crippen molar-refractivity contribution in [3.05, 3.63) is 35.9 Å². The van der Waals surface area contributed by atoms with Crippen molar-refractivity contribution in [1.29, 1.82) is 0 Å². The van der Waals surface area contributed by atoms with Gasteiger partial charge in [-0.3, -0.25) is 9.59 Å². The van der Waals surface area contributed by atoms with Crippen LogP contribution in [0.15, 0.2) is 30.3 Å². The molecule has 0 heterocycles. The van der Waals surface area contributed by atoms with Crippen molar-refractivity contribution in [1.82, 2.24) is 4.90 Å². The van der Waals surface area contributed by atoms with Crippen molar-refractivity contribution >= 4 is 11.9 Å². The highest BCUT2D eigenvalue weighted by Crippen LogP contribution is 2.43. The van der Waals surface area contributed by atoms with Crippen LogP contribution in [0.2, 0.25) is 0 Å². The fourth-order valence-electron chi connectivity index (χ4n) is 3.22. The van der Waals surface area contributed by atoms with Gasteiger partial charge in [-0.1, -0.05) is 30.3 Å². The SMILES string of the molecule is O=C(O)CN(C(=O)CC1CC(c2ccccc2)C1)C1CC1. The maximum atomic E-state index is 12.3. The third-order valence-corrected chi connectivity index (χ3v) is 4.58. The first-order valence-corrected chi connectivity index (χ1v) is 7.69. The molecule has 0 spiro atoms. The Bertz CT molecular complexity index is 518. The standard InChI is InChI=1S/C17H21NO3/c19-16(18(11-17(20)21)15-6-7-15)10-12-8-14(9-12)13-4-2-1-3-5-13/h1-5,12,14-15H,6-11H2,(H,20,21). The minimum absolute atomic E-state index is 0.0245. The second-order valence-electron chi connectivity index (χ2n) is 6.30. The molecule has 0 bridgehead atoms. The van der Waals surface area contributed by atoms with Crippen molar-refractivity contribution in [2.75, 3.05) is 6.54 Å². The van der Waals surface area contributed by atoms with Crippen LogP contribution in [0.1, 0.15) is 43.6 Å². The highest BCUT2D eigenvalue weighted by molar-refractivity contribution is 5.82. The molecule has 0 aliphatic heterocycles. The third kappa shape index (κ3) is 3.43. The van der Waals surface area contributed by atoms with E-state index in [2.05, 4.69) is 24.3 Å². The number of carboxylic acids is 1. The third-order valence-electron chi connectivity index (χ3n) is 4.58. The number of benzene rings is 1. The zero-order chi connectivity index (χ0) is 14.8. The van der Waals surface area contributed by atoms with Crippen LogP contribution in [0.3, 0.4) is 0 Å². The number of rotatable bonds is 6. The lowest BCUT2D eigenvalue weighted by Crippen LogP contribution is -2.39. The first kappa shape index (κ1) is 14.1. The van der Waals surface area contributed by atoms with Crippen LogP contribution in [0, 0.1) is 5.92 Å². The van der Waals surface area contributed by atoms with Gasteiger partial charge in [0.05, 0.1) is 0 Å². The number of hydrogen-bond acceptors (Lipinski definition) is 2. The van der Waals surface area contributed by atoms with Gasteiger partial charge in [0.25, 0.3) is 0 Å². The lowest BCUT2D eigenvalue weighted by molar-refractivity contribution is -0.145. The Morgan fingerprint density at radius 2 is 1.81 bits per heavy atom. The Morgan fingerprint density at radius 3 is 2.38 bits per heavy atom. The van der Waals surface area contributed by atoms with Crippen molar-refractivity contribution in [3.63, 3.8) is 0 Å². The van der Waals surface area contributed by atoms with Crippen molar-refractivity contribution in [2.24, 2.45) is 5.92 Å². The molecule has 2 fully saturated rings. The van der Waals surface area contributed by atoms with Gasteiger partial charge in [-0.2, -0.15) is 0 Å². The first-order chi connectivity index (χ1) is 10.1. The van der Waals surface area contributed by atoms with E-state index >= 15 is 0 Å². The number of nitrogens with zero attached hydrogens (tertiary/aromatic N) is 1. The van der Waals surface area contributed by atoms with E-state index in [1.54, 1.807) is 4.90 Å². The number of amides is 1. The Labute approximate surface area is 124 Å². The molecule has 4 heteroatoms. The second-order valence-corrected chi connectivity index (χ2v) is 6.30. The summed E-state index contributed by atoms with van der Waals surface area (Å²) >= 11 is 0. The Hall–Kier alpha value is -1.84. The molecule has 112 valence electrons. The Morgan fingerprint density at radius 1 is 1.14 bits per heavy atom. The van der Waals surface area contributed by atoms with Gasteiger partial charge in [0.15, 0.2) is 0 Å². The summed E-state index contributed by atoms with van der Waals surface area (Å²) in [5.41, 5.74) is 1.35. The van der Waals surface area contributed by atoms with Crippen LogP contribution >= 0.6 is 0 Å². The van der Waals surface area contributed by atoms with Crippen LogP contribution in [0.4, 0.5) is 0 Å². The highest BCUT2D eigenvalue weighted by Gasteiger charge is 2.37. The molecule has 0 saturated heterocycles. The van der Waals surface area contributed by atoms with Gasteiger partial charge >= 0.3 is 5.97 Å². The van der Waals surface area contributed by atoms with Crippen molar-refractivity contribution < 1.29 is 14.7 Å². The van der Waals surface area contributed by atoms with E-state index in [9.17, 15) is 9.59 Å². The van der Waals surface area contributed by atoms with Gasteiger partial charge in [0, 0.05) is 12.5 Å². The fraction of sp³-hybridized carbons (Fsp3) is 0.529. The van der Waals surface area contributed by atoms with Crippen LogP contribution < -0.4 is 0 Å². The van der Waals surface area contributed by atoms with Crippen molar-refractivity contribution in [2.45, 2.75) is 44.1 Å². The summed E-state index contributed by atoms with van der Waals surface area (Å²) in [6.45, 7) is -0.141. The molecule has 0 radical (unpaired) electrons. The number of carboxylic acid groups (broad SMARTS) is 1. The molecule has 2 aliphatic rings. The van der Waals surface area contributed by atoms with E-state index in [1.165, 1.54) is 5.56 Å². The molecule has 2 saturated carbocycles. The van der Waals surface area contributed by atoms with Crippen LogP contribution in [-0.2, 0) is 9.59 Å². The molecule has 0 atom stereocenters. The molecule has 3 rings (SSSR count). The lowest BCUT2D eigenvalue weighted by atomic mass is 9.70. The topological polar surface area (TPSA) is 57.6 Å². The minimum atomic E-state index is -0.911. The summed E-state index contributed by atoms with van der Waals surface area (Å²) in [5, 5.41) is 8.91. The zero-order valence-electron chi connectivity index (χ0n) is 12.1. The van der Waals surface area contributed by atoms with E-state index in [0.717, 1.165) is 25.7 Å². The minimum Gasteiger partial charge on any atom is -0.480 e. The smallest absolute Gasteiger partial charge is 0.323 e. The highest BCUT2D eigenvalue weighted by atomic mass is 16.4. The molecule has 1 amide bonds. The number of hydrogen-bond donors (Lipinski definition) is 1. The molecule has 2 aliphatic carbocycles. The van der Waals surface area contributed by atoms with Crippen LogP contribution in [0.5, 0.6) is 0 Å². The molecule has 4 nitrogen and oxygen atoms in total. The fourth-order valence-corrected chi connectivity index (χ4v) is 3.22. The molecule has 1 aromatic carbocycles. The normalized spacial score (nSPS) is 24.2. The monoisotopic (exact) mass is 287 g/mol. The van der Waals surface area contributed by atoms with E-state index in [4.69, 9.17) is 5.11 Å². The summed E-state index contributed by atoms with van der Waals surface area (Å²) in [5.74, 6) is 0.0954. The van der Waals surface area contributed by atoms with E-state index in [-0.39, 0.29) is 18.5 Å². The Kier molecular flexibility index (Phi) is 3.95. The average Bonchev–Trinajstić information content (AvgIpc) is 3.24. The van der Waals surface area contributed by atoms with Gasteiger partial charge in [0.2, 0.25) is 5.91 Å². The van der Waals surface area contributed by atoms with Gasteiger partial charge in [0.1, 0.15) is 6.54 Å². The zero-order valence-corrected chi connectivity index (χ0v) is 12.1. The summed E-state index contributed by atoms with van der Waals surface area (Å²) in [6.07, 6.45) is 4.50. The number of carbonyl (C=O) groups excluding carboxylic acids is 1. The van der Waals surface area contributed by atoms with Gasteiger partial charge in [-0.25, -0.2) is 0 Å². The molecule has 0 unspecified atom stereocenters. The number of aliphatic carboxylic acids is 1. The van der Waals surface area contributed by atoms with Gasteiger partial charge in [-0.15, -0.1) is 0 Å². The molecular formula is C17H21NO3. The second kappa shape index (κ2) is 5.88. The van der Waals surface area contributed by atoms with E-state index < -0.39 is 5.97 Å². The largest absolute Gasteiger partial charge is 0.480 e. The Balaban J connectivity index is 1.49. The maximum Gasteiger partial charge on any atom is 0.323 e. The van der Waals surface area contributed by atoms with E-state index in [0.29, 0.717) is 18.3 Å². The predicted molar refractivity (Wildman–Crippen MR) is 78.9 cm³/mol. The van der Waals surface area contributed by atoms with Gasteiger partial charge < -0.3 is 10.0 Å². The van der Waals surface area contributed by atoms with E-state index in [1.807, 2.05) is 6.07 Å². The van der Waals surface area contributed by atoms with Gasteiger partial charge in [-0.05, 0) is 43.1 Å². The molecule has 1 aromatic rings. The molecule has 21 heavy (non-hydrogen) atoms. The first-order valence-electron chi connectivity index (χ1n) is 7.69. The molecule has 1 N–H and O–H groups in total. The van der Waals surface area contributed by atoms with Crippen LogP contribution in [-0.4, -0.2) is 34.5 Å². The van der Waals surface area contributed by atoms with Crippen molar-refractivity contribution in [3.8, 4) is 0 Å². The summed E-state index contributed by atoms with van der Waals surface area (Å²) in [6, 6.07) is 10.6. The maximum absolute atomic E-state index is 12.3. The molecule has 0 aromatic heterocycles. The average molecular weight is 287 g/mol. The number of carbonyl (C=O) groups is 2. The van der Waals surface area contributed by atoms with Crippen LogP contribution in [0.25, 0.3) is 0 Å².